The lowest BCUT2D eigenvalue weighted by Gasteiger charge is -2.04. The summed E-state index contributed by atoms with van der Waals surface area (Å²) in [4.78, 5) is 0. The Bertz CT molecular complexity index is 180. The normalized spacial score (nSPS) is 11.2. The molecule has 0 aliphatic heterocycles. The number of hydrogen-bond donors (Lipinski definition) is 0. The molecule has 0 saturated heterocycles. The summed E-state index contributed by atoms with van der Waals surface area (Å²) in [5.74, 6) is 0. The van der Waals surface area contributed by atoms with Crippen LogP contribution in [0.1, 0.15) is 136 Å². The molecule has 24 heavy (non-hydrogen) atoms. The molecule has 0 bridgehead atoms. The van der Waals surface area contributed by atoms with E-state index in [1.54, 1.807) is 0 Å². The van der Waals surface area contributed by atoms with Crippen LogP contribution in [-0.4, -0.2) is 6.61 Å². The number of hydrogen-bond acceptors (Lipinski definition) is 1. The molecule has 0 unspecified atom stereocenters. The molecule has 0 aliphatic rings. The average molecular weight is 340 g/mol. The molecule has 0 spiro atoms. The van der Waals surface area contributed by atoms with Gasteiger partial charge in [0, 0.05) is 6.61 Å². The van der Waals surface area contributed by atoms with E-state index in [-0.39, 0.29) is 0 Å². The van der Waals surface area contributed by atoms with Crippen LogP contribution in [0.15, 0.2) is 0 Å². The van der Waals surface area contributed by atoms with Crippen molar-refractivity contribution in [2.45, 2.75) is 136 Å². The fourth-order valence-corrected chi connectivity index (χ4v) is 3.33. The summed E-state index contributed by atoms with van der Waals surface area (Å²) in [6, 6.07) is 0. The van der Waals surface area contributed by atoms with Gasteiger partial charge >= 0.3 is 0 Å². The Kier molecular flexibility index (Phi) is 22.9. The second-order valence-electron chi connectivity index (χ2n) is 7.42. The molecule has 0 rings (SSSR count). The van der Waals surface area contributed by atoms with Gasteiger partial charge in [0.25, 0.3) is 0 Å². The molecule has 0 fully saturated rings. The van der Waals surface area contributed by atoms with Crippen molar-refractivity contribution in [3.05, 3.63) is 6.61 Å². The van der Waals surface area contributed by atoms with Gasteiger partial charge in [-0.15, -0.1) is 0 Å². The lowest BCUT2D eigenvalue weighted by molar-refractivity contribution is 0.205. The van der Waals surface area contributed by atoms with Crippen molar-refractivity contribution in [2.24, 2.45) is 0 Å². The van der Waals surface area contributed by atoms with E-state index in [2.05, 4.69) is 6.92 Å². The molecule has 0 aromatic carbocycles. The predicted molar refractivity (Wildman–Crippen MR) is 109 cm³/mol. The molecular weight excluding hydrogens is 292 g/mol. The topological polar surface area (TPSA) is 9.23 Å². The monoisotopic (exact) mass is 339 g/mol. The Labute approximate surface area is 154 Å². The zero-order chi connectivity index (χ0) is 17.6. The van der Waals surface area contributed by atoms with Crippen LogP contribution < -0.4 is 0 Å². The largest absolute Gasteiger partial charge is 0.376 e. The minimum atomic E-state index is 0.818. The lowest BCUT2D eigenvalue weighted by Crippen LogP contribution is -1.87. The smallest absolute Gasteiger partial charge is 0.0836 e. The Morgan fingerprint density at radius 1 is 0.458 bits per heavy atom. The summed E-state index contributed by atoms with van der Waals surface area (Å²) in [6.45, 7) is 7.14. The molecule has 145 valence electrons. The molecule has 1 heteroatoms. The maximum Gasteiger partial charge on any atom is 0.0836 e. The van der Waals surface area contributed by atoms with Crippen LogP contribution in [0.3, 0.4) is 0 Å². The van der Waals surface area contributed by atoms with Crippen molar-refractivity contribution in [3.63, 3.8) is 0 Å². The average Bonchev–Trinajstić information content (AvgIpc) is 2.60. The van der Waals surface area contributed by atoms with Crippen molar-refractivity contribution in [1.29, 1.82) is 0 Å². The second-order valence-corrected chi connectivity index (χ2v) is 7.42. The van der Waals surface area contributed by atoms with Gasteiger partial charge in [0.05, 0.1) is 6.61 Å². The first-order valence-corrected chi connectivity index (χ1v) is 11.3. The van der Waals surface area contributed by atoms with Crippen LogP contribution in [0.4, 0.5) is 0 Å². The highest BCUT2D eigenvalue weighted by Gasteiger charge is 1.95. The van der Waals surface area contributed by atoms with Crippen LogP contribution >= 0.6 is 0 Å². The van der Waals surface area contributed by atoms with Crippen LogP contribution in [-0.2, 0) is 4.74 Å². The minimum absolute atomic E-state index is 0.818. The summed E-state index contributed by atoms with van der Waals surface area (Å²) in [7, 11) is 0. The first-order valence-electron chi connectivity index (χ1n) is 11.3. The first kappa shape index (κ1) is 24.0. The van der Waals surface area contributed by atoms with Crippen LogP contribution in [0.2, 0.25) is 0 Å². The molecule has 0 saturated carbocycles. The van der Waals surface area contributed by atoms with Crippen molar-refractivity contribution >= 4 is 0 Å². The molecule has 1 nitrogen and oxygen atoms in total. The fourth-order valence-electron chi connectivity index (χ4n) is 3.33. The van der Waals surface area contributed by atoms with E-state index < -0.39 is 0 Å². The van der Waals surface area contributed by atoms with Crippen molar-refractivity contribution in [2.75, 3.05) is 6.61 Å². The molecule has 0 N–H and O–H groups in total. The third-order valence-electron chi connectivity index (χ3n) is 4.96. The molecule has 0 atom stereocenters. The maximum atomic E-state index is 5.24. The first-order chi connectivity index (χ1) is 11.9. The molecule has 0 aliphatic carbocycles. The molecule has 0 aromatic heterocycles. The third kappa shape index (κ3) is 22.0. The molecule has 0 heterocycles. The van der Waals surface area contributed by atoms with Crippen molar-refractivity contribution < 1.29 is 4.74 Å². The van der Waals surface area contributed by atoms with E-state index in [1.807, 2.05) is 13.5 Å². The van der Waals surface area contributed by atoms with Gasteiger partial charge in [-0.25, -0.2) is 0 Å². The van der Waals surface area contributed by atoms with Crippen LogP contribution in [0.25, 0.3) is 0 Å². The zero-order valence-corrected chi connectivity index (χ0v) is 17.1. The molecule has 1 radical (unpaired) electrons. The standard InChI is InChI=1S/C23H47O/c1-3-5-6-7-8-9-10-11-12-13-14-15-16-17-18-19-20-21-22-23-24-4-2/h23H,3-22H2,1-2H3. The highest BCUT2D eigenvalue weighted by Crippen LogP contribution is 2.14. The minimum Gasteiger partial charge on any atom is -0.376 e. The van der Waals surface area contributed by atoms with Gasteiger partial charge in [-0.1, -0.05) is 122 Å². The summed E-state index contributed by atoms with van der Waals surface area (Å²) < 4.78 is 5.24. The zero-order valence-electron chi connectivity index (χ0n) is 17.1. The lowest BCUT2D eigenvalue weighted by atomic mass is 10.0. The number of unbranched alkanes of at least 4 members (excludes halogenated alkanes) is 18. The Balaban J connectivity index is 2.93. The van der Waals surface area contributed by atoms with E-state index in [1.165, 1.54) is 116 Å². The number of ether oxygens (including phenoxy) is 1. The van der Waals surface area contributed by atoms with Gasteiger partial charge in [-0.05, 0) is 13.3 Å². The van der Waals surface area contributed by atoms with Crippen LogP contribution in [0.5, 0.6) is 0 Å². The van der Waals surface area contributed by atoms with E-state index in [4.69, 9.17) is 4.74 Å². The maximum absolute atomic E-state index is 5.24. The van der Waals surface area contributed by atoms with Gasteiger partial charge in [-0.3, -0.25) is 0 Å². The van der Waals surface area contributed by atoms with Gasteiger partial charge in [0.2, 0.25) is 0 Å². The molecular formula is C23H47O. The van der Waals surface area contributed by atoms with Gasteiger partial charge in [0.15, 0.2) is 0 Å². The van der Waals surface area contributed by atoms with E-state index in [0.29, 0.717) is 0 Å². The van der Waals surface area contributed by atoms with E-state index in [9.17, 15) is 0 Å². The fraction of sp³-hybridized carbons (Fsp3) is 0.957. The highest BCUT2D eigenvalue weighted by molar-refractivity contribution is 4.53. The van der Waals surface area contributed by atoms with Crippen molar-refractivity contribution in [3.8, 4) is 0 Å². The van der Waals surface area contributed by atoms with Gasteiger partial charge in [-0.2, -0.15) is 0 Å². The number of rotatable bonds is 21. The summed E-state index contributed by atoms with van der Waals surface area (Å²) in [6.07, 6.45) is 27.1. The highest BCUT2D eigenvalue weighted by atomic mass is 16.5. The van der Waals surface area contributed by atoms with E-state index >= 15 is 0 Å². The van der Waals surface area contributed by atoms with Crippen LogP contribution in [0, 0.1) is 6.61 Å². The third-order valence-corrected chi connectivity index (χ3v) is 4.96. The quantitative estimate of drug-likeness (QED) is 0.190. The summed E-state index contributed by atoms with van der Waals surface area (Å²) in [5.41, 5.74) is 0. The Morgan fingerprint density at radius 3 is 1.12 bits per heavy atom. The Morgan fingerprint density at radius 2 is 0.792 bits per heavy atom. The second kappa shape index (κ2) is 23.0. The van der Waals surface area contributed by atoms with Gasteiger partial charge < -0.3 is 4.74 Å². The summed E-state index contributed by atoms with van der Waals surface area (Å²) in [5, 5.41) is 0. The Hall–Kier alpha value is -0.0400. The predicted octanol–water partition coefficient (Wildman–Crippen LogP) is 8.62. The molecule has 0 aromatic rings. The van der Waals surface area contributed by atoms with E-state index in [0.717, 1.165) is 13.0 Å². The van der Waals surface area contributed by atoms with Crippen molar-refractivity contribution in [1.82, 2.24) is 0 Å². The summed E-state index contributed by atoms with van der Waals surface area (Å²) >= 11 is 0. The molecule has 0 amide bonds. The van der Waals surface area contributed by atoms with Gasteiger partial charge in [0.1, 0.15) is 0 Å². The SMILES string of the molecule is CCCCCCCCCCCCCCCCCCCC[CH]OCC.